The van der Waals surface area contributed by atoms with E-state index >= 15 is 0 Å². The van der Waals surface area contributed by atoms with E-state index in [1.54, 1.807) is 35.6 Å². The Balaban J connectivity index is 1.27. The standard InChI is InChI=1S/C24H21FN2O2S/c25-18-7-2-1-6-17(18)21-13-11-16(29-21)12-14-23(28)27-15-5-9-20(27)24-26-19-8-3-4-10-22(19)30-24/h1-4,6-8,10-11,13,20H,5,9,12,14-15H2. The largest absolute Gasteiger partial charge is 0.461 e. The Morgan fingerprint density at radius 3 is 2.83 bits per heavy atom. The van der Waals surface area contributed by atoms with E-state index in [1.807, 2.05) is 29.2 Å². The molecule has 1 atom stereocenters. The van der Waals surface area contributed by atoms with E-state index < -0.39 is 0 Å². The summed E-state index contributed by atoms with van der Waals surface area (Å²) in [5, 5.41) is 1.02. The zero-order chi connectivity index (χ0) is 20.5. The van der Waals surface area contributed by atoms with Crippen molar-refractivity contribution in [1.82, 2.24) is 9.88 Å². The van der Waals surface area contributed by atoms with Crippen molar-refractivity contribution in [2.75, 3.05) is 6.54 Å². The van der Waals surface area contributed by atoms with Crippen LogP contribution in [0.5, 0.6) is 0 Å². The number of furan rings is 1. The number of halogens is 1. The van der Waals surface area contributed by atoms with E-state index in [-0.39, 0.29) is 17.8 Å². The lowest BCUT2D eigenvalue weighted by molar-refractivity contribution is -0.132. The number of benzene rings is 2. The van der Waals surface area contributed by atoms with Crippen molar-refractivity contribution in [2.45, 2.75) is 31.7 Å². The molecule has 0 N–H and O–H groups in total. The summed E-state index contributed by atoms with van der Waals surface area (Å²) in [7, 11) is 0. The number of nitrogens with zero attached hydrogens (tertiary/aromatic N) is 2. The van der Waals surface area contributed by atoms with Gasteiger partial charge in [0, 0.05) is 19.4 Å². The SMILES string of the molecule is O=C(CCc1ccc(-c2ccccc2F)o1)N1CCCC1c1nc2ccccc2s1. The van der Waals surface area contributed by atoms with Crippen molar-refractivity contribution in [3.8, 4) is 11.3 Å². The molecule has 1 aliphatic rings. The molecule has 0 bridgehead atoms. The Bertz CT molecular complexity index is 1170. The summed E-state index contributed by atoms with van der Waals surface area (Å²) < 4.78 is 20.9. The van der Waals surface area contributed by atoms with Crippen molar-refractivity contribution in [3.05, 3.63) is 77.2 Å². The maximum atomic E-state index is 14.0. The number of rotatable bonds is 5. The van der Waals surface area contributed by atoms with Crippen molar-refractivity contribution in [2.24, 2.45) is 0 Å². The number of amides is 1. The van der Waals surface area contributed by atoms with Crippen molar-refractivity contribution >= 4 is 27.5 Å². The normalized spacial score (nSPS) is 16.4. The van der Waals surface area contributed by atoms with Crippen molar-refractivity contribution in [1.29, 1.82) is 0 Å². The quantitative estimate of drug-likeness (QED) is 0.398. The Hall–Kier alpha value is -2.99. The van der Waals surface area contributed by atoms with E-state index in [0.717, 1.165) is 34.6 Å². The fourth-order valence-corrected chi connectivity index (χ4v) is 5.16. The first-order valence-corrected chi connectivity index (χ1v) is 11.0. The number of carbonyl (C=O) groups excluding carboxylic acids is 1. The number of para-hydroxylation sites is 1. The number of hydrogen-bond donors (Lipinski definition) is 0. The molecule has 2 aromatic heterocycles. The molecular weight excluding hydrogens is 399 g/mol. The highest BCUT2D eigenvalue weighted by atomic mass is 32.1. The summed E-state index contributed by atoms with van der Waals surface area (Å²) in [4.78, 5) is 19.7. The topological polar surface area (TPSA) is 46.3 Å². The van der Waals surface area contributed by atoms with Gasteiger partial charge in [-0.3, -0.25) is 4.79 Å². The summed E-state index contributed by atoms with van der Waals surface area (Å²) in [5.74, 6) is 0.979. The number of likely N-dealkylation sites (tertiary alicyclic amines) is 1. The molecule has 1 fully saturated rings. The highest BCUT2D eigenvalue weighted by molar-refractivity contribution is 7.18. The van der Waals surface area contributed by atoms with Gasteiger partial charge in [0.05, 0.1) is 21.8 Å². The third kappa shape index (κ3) is 3.63. The summed E-state index contributed by atoms with van der Waals surface area (Å²) >= 11 is 1.67. The molecule has 0 spiro atoms. The second-order valence-corrected chi connectivity index (χ2v) is 8.57. The number of thiazole rings is 1. The maximum Gasteiger partial charge on any atom is 0.223 e. The van der Waals surface area contributed by atoms with Crippen molar-refractivity contribution < 1.29 is 13.6 Å². The zero-order valence-corrected chi connectivity index (χ0v) is 17.2. The molecule has 0 radical (unpaired) electrons. The van der Waals surface area contributed by atoms with Crippen molar-refractivity contribution in [3.63, 3.8) is 0 Å². The second-order valence-electron chi connectivity index (χ2n) is 7.51. The molecule has 1 amide bonds. The molecule has 152 valence electrons. The molecular formula is C24H21FN2O2S. The second kappa shape index (κ2) is 8.03. The van der Waals surface area contributed by atoms with Gasteiger partial charge in [-0.2, -0.15) is 0 Å². The molecule has 0 saturated carbocycles. The zero-order valence-electron chi connectivity index (χ0n) is 16.4. The Morgan fingerprint density at radius 2 is 1.97 bits per heavy atom. The highest BCUT2D eigenvalue weighted by Crippen LogP contribution is 2.37. The van der Waals surface area contributed by atoms with Crippen LogP contribution in [0.15, 0.2) is 65.1 Å². The van der Waals surface area contributed by atoms with Crippen LogP contribution in [0.1, 0.15) is 36.1 Å². The minimum Gasteiger partial charge on any atom is -0.461 e. The van der Waals surface area contributed by atoms with Gasteiger partial charge in [0.15, 0.2) is 0 Å². The van der Waals surface area contributed by atoms with Gasteiger partial charge < -0.3 is 9.32 Å². The van der Waals surface area contributed by atoms with E-state index in [2.05, 4.69) is 6.07 Å². The number of aromatic nitrogens is 1. The number of carbonyl (C=O) groups is 1. The maximum absolute atomic E-state index is 14.0. The van der Waals surface area contributed by atoms with Crippen LogP contribution in [0.4, 0.5) is 4.39 Å². The molecule has 0 aliphatic carbocycles. The average molecular weight is 421 g/mol. The lowest BCUT2D eigenvalue weighted by Gasteiger charge is -2.23. The number of aryl methyl sites for hydroxylation is 1. The fraction of sp³-hybridized carbons (Fsp3) is 0.250. The van der Waals surface area contributed by atoms with Gasteiger partial charge in [0.25, 0.3) is 0 Å². The van der Waals surface area contributed by atoms with Crippen LogP contribution in [0.2, 0.25) is 0 Å². The van der Waals surface area contributed by atoms with Crippen LogP contribution in [-0.4, -0.2) is 22.3 Å². The summed E-state index contributed by atoms with van der Waals surface area (Å²) in [5.41, 5.74) is 1.43. The van der Waals surface area contributed by atoms with E-state index in [9.17, 15) is 9.18 Å². The molecule has 1 saturated heterocycles. The molecule has 1 aliphatic heterocycles. The van der Waals surface area contributed by atoms with Crippen LogP contribution in [0.25, 0.3) is 21.5 Å². The van der Waals surface area contributed by atoms with Crippen LogP contribution >= 0.6 is 11.3 Å². The predicted octanol–water partition coefficient (Wildman–Crippen LogP) is 5.99. The lowest BCUT2D eigenvalue weighted by Crippen LogP contribution is -2.30. The van der Waals surface area contributed by atoms with Crippen LogP contribution in [0, 0.1) is 5.82 Å². The van der Waals surface area contributed by atoms with Gasteiger partial charge in [0.2, 0.25) is 5.91 Å². The Kier molecular flexibility index (Phi) is 5.09. The number of fused-ring (bicyclic) bond motifs is 1. The molecule has 6 heteroatoms. The third-order valence-corrected chi connectivity index (χ3v) is 6.69. The smallest absolute Gasteiger partial charge is 0.223 e. The van der Waals surface area contributed by atoms with Crippen LogP contribution in [-0.2, 0) is 11.2 Å². The van der Waals surface area contributed by atoms with Crippen LogP contribution < -0.4 is 0 Å². The minimum atomic E-state index is -0.315. The van der Waals surface area contributed by atoms with Gasteiger partial charge in [-0.15, -0.1) is 11.3 Å². The monoisotopic (exact) mass is 420 g/mol. The van der Waals surface area contributed by atoms with Gasteiger partial charge in [-0.05, 0) is 49.2 Å². The number of hydrogen-bond acceptors (Lipinski definition) is 4. The molecule has 2 aromatic carbocycles. The first kappa shape index (κ1) is 19.0. The van der Waals surface area contributed by atoms with Gasteiger partial charge in [-0.25, -0.2) is 9.37 Å². The molecule has 1 unspecified atom stereocenters. The fourth-order valence-electron chi connectivity index (χ4n) is 4.05. The van der Waals surface area contributed by atoms with E-state index in [4.69, 9.17) is 9.40 Å². The first-order valence-electron chi connectivity index (χ1n) is 10.2. The lowest BCUT2D eigenvalue weighted by atomic mass is 10.1. The Morgan fingerprint density at radius 1 is 1.13 bits per heavy atom. The first-order chi connectivity index (χ1) is 14.7. The molecule has 4 nitrogen and oxygen atoms in total. The summed E-state index contributed by atoms with van der Waals surface area (Å²) in [6, 6.07) is 18.3. The molecule has 3 heterocycles. The van der Waals surface area contributed by atoms with E-state index in [0.29, 0.717) is 29.9 Å². The molecule has 30 heavy (non-hydrogen) atoms. The summed E-state index contributed by atoms with van der Waals surface area (Å²) in [6.07, 6.45) is 2.80. The third-order valence-electron chi connectivity index (χ3n) is 5.55. The summed E-state index contributed by atoms with van der Waals surface area (Å²) in [6.45, 7) is 0.762. The molecule has 5 rings (SSSR count). The van der Waals surface area contributed by atoms with E-state index in [1.165, 1.54) is 6.07 Å². The van der Waals surface area contributed by atoms with Gasteiger partial charge in [0.1, 0.15) is 22.3 Å². The van der Waals surface area contributed by atoms with Gasteiger partial charge in [-0.1, -0.05) is 24.3 Å². The minimum absolute atomic E-state index is 0.0560. The van der Waals surface area contributed by atoms with Crippen LogP contribution in [0.3, 0.4) is 0 Å². The Labute approximate surface area is 178 Å². The highest BCUT2D eigenvalue weighted by Gasteiger charge is 2.32. The molecule has 4 aromatic rings. The average Bonchev–Trinajstić information content (AvgIpc) is 3.51. The van der Waals surface area contributed by atoms with Gasteiger partial charge >= 0.3 is 0 Å². The predicted molar refractivity (Wildman–Crippen MR) is 116 cm³/mol.